The number of nitrogens with zero attached hydrogens (tertiary/aromatic N) is 1. The summed E-state index contributed by atoms with van der Waals surface area (Å²) < 4.78 is 18.9. The molecule has 24 heavy (non-hydrogen) atoms. The molecule has 122 valence electrons. The van der Waals surface area contributed by atoms with Gasteiger partial charge in [0.1, 0.15) is 5.82 Å². The normalized spacial score (nSPS) is 10.6. The number of nitrogens with one attached hydrogen (secondary N) is 1. The van der Waals surface area contributed by atoms with E-state index in [0.717, 1.165) is 12.1 Å². The summed E-state index contributed by atoms with van der Waals surface area (Å²) in [5.74, 6) is -0.281. The Bertz CT molecular complexity index is 841. The Morgan fingerprint density at radius 1 is 1.17 bits per heavy atom. The number of amides is 1. The van der Waals surface area contributed by atoms with Gasteiger partial charge in [-0.3, -0.25) is 4.79 Å². The van der Waals surface area contributed by atoms with Crippen molar-refractivity contribution >= 4 is 11.6 Å². The molecule has 0 unspecified atom stereocenters. The van der Waals surface area contributed by atoms with E-state index in [2.05, 4.69) is 17.4 Å². The first-order valence-electron chi connectivity index (χ1n) is 7.75. The van der Waals surface area contributed by atoms with Crippen molar-refractivity contribution in [2.75, 3.05) is 5.32 Å². The molecule has 1 N–H and O–H groups in total. The summed E-state index contributed by atoms with van der Waals surface area (Å²) in [5.41, 5.74) is 2.72. The summed E-state index contributed by atoms with van der Waals surface area (Å²) >= 11 is 0. The van der Waals surface area contributed by atoms with E-state index in [1.54, 1.807) is 24.3 Å². The van der Waals surface area contributed by atoms with E-state index in [1.165, 1.54) is 11.6 Å². The Morgan fingerprint density at radius 3 is 2.62 bits per heavy atom. The van der Waals surface area contributed by atoms with Crippen molar-refractivity contribution in [1.29, 1.82) is 0 Å². The lowest BCUT2D eigenvalue weighted by Gasteiger charge is -2.04. The molecule has 1 amide bonds. The summed E-state index contributed by atoms with van der Waals surface area (Å²) in [7, 11) is 0. The number of hydrogen-bond acceptors (Lipinski definition) is 3. The van der Waals surface area contributed by atoms with E-state index in [0.29, 0.717) is 17.0 Å². The molecule has 2 aromatic carbocycles. The van der Waals surface area contributed by atoms with Gasteiger partial charge in [-0.1, -0.05) is 36.3 Å². The Labute approximate surface area is 139 Å². The van der Waals surface area contributed by atoms with Crippen molar-refractivity contribution in [3.63, 3.8) is 0 Å². The van der Waals surface area contributed by atoms with Gasteiger partial charge in [-0.05, 0) is 36.2 Å². The maximum atomic E-state index is 13.7. The maximum Gasteiger partial charge on any atom is 0.230 e. The molecular weight excluding hydrogens is 307 g/mol. The molecule has 1 heterocycles. The molecule has 4 nitrogen and oxygen atoms in total. The van der Waals surface area contributed by atoms with E-state index >= 15 is 0 Å². The molecule has 0 saturated heterocycles. The number of carbonyl (C=O) groups excluding carboxylic acids is 1. The van der Waals surface area contributed by atoms with Crippen LogP contribution in [0, 0.1) is 5.82 Å². The number of rotatable bonds is 5. The van der Waals surface area contributed by atoms with Crippen LogP contribution in [0.1, 0.15) is 18.2 Å². The quantitative estimate of drug-likeness (QED) is 0.764. The second-order valence-corrected chi connectivity index (χ2v) is 5.44. The zero-order valence-electron chi connectivity index (χ0n) is 13.3. The molecule has 5 heteroatoms. The molecule has 0 fully saturated rings. The van der Waals surface area contributed by atoms with E-state index in [9.17, 15) is 9.18 Å². The van der Waals surface area contributed by atoms with Crippen molar-refractivity contribution in [1.82, 2.24) is 5.16 Å². The Hall–Kier alpha value is -2.95. The van der Waals surface area contributed by atoms with Gasteiger partial charge in [-0.25, -0.2) is 4.39 Å². The molecule has 3 aromatic rings. The molecule has 3 rings (SSSR count). The molecule has 0 spiro atoms. The summed E-state index contributed by atoms with van der Waals surface area (Å²) in [5, 5.41) is 6.65. The van der Waals surface area contributed by atoms with Crippen LogP contribution in [0.5, 0.6) is 0 Å². The molecule has 0 saturated carbocycles. The molecule has 0 aliphatic rings. The molecule has 0 aliphatic heterocycles. The lowest BCUT2D eigenvalue weighted by Crippen LogP contribution is -2.14. The van der Waals surface area contributed by atoms with Crippen LogP contribution in [0.3, 0.4) is 0 Å². The fourth-order valence-electron chi connectivity index (χ4n) is 2.38. The van der Waals surface area contributed by atoms with Gasteiger partial charge in [0, 0.05) is 11.8 Å². The van der Waals surface area contributed by atoms with Gasteiger partial charge in [0.2, 0.25) is 5.91 Å². The number of hydrogen-bond donors (Lipinski definition) is 1. The largest absolute Gasteiger partial charge is 0.356 e. The number of benzene rings is 2. The predicted molar refractivity (Wildman–Crippen MR) is 90.1 cm³/mol. The Morgan fingerprint density at radius 2 is 1.92 bits per heavy atom. The monoisotopic (exact) mass is 324 g/mol. The molecular formula is C19H17FN2O2. The van der Waals surface area contributed by atoms with Gasteiger partial charge in [-0.2, -0.15) is 0 Å². The van der Waals surface area contributed by atoms with E-state index in [1.807, 2.05) is 24.3 Å². The maximum absolute atomic E-state index is 13.7. The number of halogens is 1. The molecule has 0 radical (unpaired) electrons. The smallest absolute Gasteiger partial charge is 0.230 e. The van der Waals surface area contributed by atoms with Crippen molar-refractivity contribution in [2.45, 2.75) is 19.8 Å². The van der Waals surface area contributed by atoms with E-state index in [4.69, 9.17) is 4.52 Å². The van der Waals surface area contributed by atoms with Gasteiger partial charge in [0.05, 0.1) is 17.7 Å². The highest BCUT2D eigenvalue weighted by molar-refractivity contribution is 5.92. The number of aromatic nitrogens is 1. The van der Waals surface area contributed by atoms with Crippen LogP contribution < -0.4 is 5.32 Å². The van der Waals surface area contributed by atoms with Crippen LogP contribution in [-0.4, -0.2) is 11.1 Å². The van der Waals surface area contributed by atoms with E-state index < -0.39 is 0 Å². The van der Waals surface area contributed by atoms with Crippen molar-refractivity contribution in [3.8, 4) is 11.3 Å². The van der Waals surface area contributed by atoms with Crippen LogP contribution in [0.2, 0.25) is 0 Å². The van der Waals surface area contributed by atoms with Gasteiger partial charge in [0.25, 0.3) is 0 Å². The summed E-state index contributed by atoms with van der Waals surface area (Å²) in [6.07, 6.45) is 1.01. The standard InChI is InChI=1S/C19H17FN2O2/c1-2-13-7-9-14(10-8-13)21-19(23)12-15-11-18(24-22-15)16-5-3-4-6-17(16)20/h3-11H,2,12H2,1H3,(H,21,23). The molecule has 1 aromatic heterocycles. The predicted octanol–water partition coefficient (Wildman–Crippen LogP) is 4.22. The molecule has 0 bridgehead atoms. The fourth-order valence-corrected chi connectivity index (χ4v) is 2.38. The van der Waals surface area contributed by atoms with Gasteiger partial charge in [-0.15, -0.1) is 0 Å². The van der Waals surface area contributed by atoms with Crippen LogP contribution in [-0.2, 0) is 17.6 Å². The highest BCUT2D eigenvalue weighted by Gasteiger charge is 2.13. The van der Waals surface area contributed by atoms with Crippen molar-refractivity contribution in [2.24, 2.45) is 0 Å². The average molecular weight is 324 g/mol. The van der Waals surface area contributed by atoms with Crippen molar-refractivity contribution in [3.05, 3.63) is 71.7 Å². The highest BCUT2D eigenvalue weighted by Crippen LogP contribution is 2.23. The number of aryl methyl sites for hydroxylation is 1. The van der Waals surface area contributed by atoms with Crippen LogP contribution in [0.25, 0.3) is 11.3 Å². The lowest BCUT2D eigenvalue weighted by atomic mass is 10.1. The minimum absolute atomic E-state index is 0.0630. The summed E-state index contributed by atoms with van der Waals surface area (Å²) in [6, 6.07) is 15.5. The first-order valence-corrected chi connectivity index (χ1v) is 7.75. The number of anilines is 1. The lowest BCUT2D eigenvalue weighted by molar-refractivity contribution is -0.115. The molecule has 0 atom stereocenters. The summed E-state index contributed by atoms with van der Waals surface area (Å²) in [4.78, 5) is 12.1. The minimum atomic E-state index is -0.388. The first-order chi connectivity index (χ1) is 11.7. The van der Waals surface area contributed by atoms with Crippen molar-refractivity contribution < 1.29 is 13.7 Å². The zero-order valence-corrected chi connectivity index (χ0v) is 13.3. The summed E-state index contributed by atoms with van der Waals surface area (Å²) in [6.45, 7) is 2.07. The van der Waals surface area contributed by atoms with E-state index in [-0.39, 0.29) is 18.1 Å². The topological polar surface area (TPSA) is 55.1 Å². The second kappa shape index (κ2) is 7.08. The fraction of sp³-hybridized carbons (Fsp3) is 0.158. The highest BCUT2D eigenvalue weighted by atomic mass is 19.1. The Kier molecular flexibility index (Phi) is 4.70. The van der Waals surface area contributed by atoms with Crippen LogP contribution in [0.15, 0.2) is 59.1 Å². The third-order valence-electron chi connectivity index (χ3n) is 3.69. The molecule has 0 aliphatic carbocycles. The zero-order chi connectivity index (χ0) is 16.9. The van der Waals surface area contributed by atoms with Gasteiger partial charge >= 0.3 is 0 Å². The average Bonchev–Trinajstić information content (AvgIpc) is 3.04. The van der Waals surface area contributed by atoms with Crippen LogP contribution in [0.4, 0.5) is 10.1 Å². The minimum Gasteiger partial charge on any atom is -0.356 e. The number of carbonyl (C=O) groups is 1. The first kappa shape index (κ1) is 15.9. The van der Waals surface area contributed by atoms with Gasteiger partial charge in [0.15, 0.2) is 5.76 Å². The second-order valence-electron chi connectivity index (χ2n) is 5.44. The van der Waals surface area contributed by atoms with Gasteiger partial charge < -0.3 is 9.84 Å². The SMILES string of the molecule is CCc1ccc(NC(=O)Cc2cc(-c3ccccc3F)on2)cc1. The van der Waals surface area contributed by atoms with Crippen LogP contribution >= 0.6 is 0 Å². The third-order valence-corrected chi connectivity index (χ3v) is 3.69. The third kappa shape index (κ3) is 3.68. The Balaban J connectivity index is 1.66.